The molecule has 0 bridgehead atoms. The highest BCUT2D eigenvalue weighted by Crippen LogP contribution is 2.26. The van der Waals surface area contributed by atoms with Crippen LogP contribution in [0, 0.1) is 0 Å². The zero-order valence-electron chi connectivity index (χ0n) is 37.1. The van der Waals surface area contributed by atoms with E-state index in [4.69, 9.17) is 9.47 Å². The summed E-state index contributed by atoms with van der Waals surface area (Å²) < 4.78 is 47.6. The third kappa shape index (κ3) is 30.3. The van der Waals surface area contributed by atoms with Crippen LogP contribution < -0.4 is 5.32 Å². The van der Waals surface area contributed by atoms with Crippen molar-refractivity contribution < 1.29 is 51.8 Å². The Bertz CT molecular complexity index is 1150. The number of aliphatic hydroxyl groups excluding tert-OH is 4. The largest absolute Gasteiger partial charge is 0.397 e. The van der Waals surface area contributed by atoms with E-state index in [2.05, 4.69) is 35.5 Å². The number of unbranched alkanes of at least 4 members (excludes halogenated alkanes) is 26. The molecule has 7 atom stereocenters. The summed E-state index contributed by atoms with van der Waals surface area (Å²) in [6.45, 7) is 3.38. The van der Waals surface area contributed by atoms with E-state index in [-0.39, 0.29) is 18.9 Å². The second kappa shape index (κ2) is 37.2. The van der Waals surface area contributed by atoms with Crippen LogP contribution in [0.2, 0.25) is 0 Å². The Labute approximate surface area is 359 Å². The maximum atomic E-state index is 13.0. The maximum absolute atomic E-state index is 13.0. The highest BCUT2D eigenvalue weighted by Gasteiger charge is 2.48. The first kappa shape index (κ1) is 55.6. The van der Waals surface area contributed by atoms with E-state index in [1.165, 1.54) is 122 Å². The van der Waals surface area contributed by atoms with Crippen LogP contribution in [0.25, 0.3) is 0 Å². The predicted molar refractivity (Wildman–Crippen MR) is 236 cm³/mol. The first-order valence-electron chi connectivity index (χ1n) is 23.7. The molecule has 1 amide bonds. The van der Waals surface area contributed by atoms with Gasteiger partial charge in [-0.05, 0) is 44.9 Å². The summed E-state index contributed by atoms with van der Waals surface area (Å²) in [5.41, 5.74) is 0. The van der Waals surface area contributed by atoms with Gasteiger partial charge in [0.1, 0.15) is 24.4 Å². The Morgan fingerprint density at radius 3 is 1.53 bits per heavy atom. The van der Waals surface area contributed by atoms with Crippen molar-refractivity contribution in [3.05, 3.63) is 24.3 Å². The number of hydrogen-bond donors (Lipinski definition) is 6. The average molecular weight is 862 g/mol. The third-order valence-electron chi connectivity index (χ3n) is 11.2. The van der Waals surface area contributed by atoms with Gasteiger partial charge in [-0.25, -0.2) is 4.18 Å². The molecular weight excluding hydrogens is 775 g/mol. The number of ether oxygens (including phenoxy) is 2. The molecular formula is C46H87NO11S. The standard InChI is InChI=1S/C46H87NO11S/c1-3-5-7-9-11-13-15-17-19-21-23-25-27-29-31-33-35-40(49)39(38-56-46-44(52)45(58-59(53,54)55)43(51)41(37-48)57-46)47-42(50)36-34-32-30-28-26-24-22-20-18-16-14-12-10-8-6-4-2/h20,22,33,35,39-41,43-46,48-49,51-52H,3-19,21,23-32,34,36-38H2,1-2H3,(H,47,50)(H,53,54,55)/b22-20-,35-33+. The first-order valence-corrected chi connectivity index (χ1v) is 25.1. The third-order valence-corrected chi connectivity index (χ3v) is 11.7. The zero-order chi connectivity index (χ0) is 43.4. The maximum Gasteiger partial charge on any atom is 0.397 e. The highest BCUT2D eigenvalue weighted by molar-refractivity contribution is 7.80. The van der Waals surface area contributed by atoms with Gasteiger partial charge in [0.15, 0.2) is 6.29 Å². The molecule has 1 aliphatic heterocycles. The van der Waals surface area contributed by atoms with Crippen molar-refractivity contribution in [2.45, 2.75) is 249 Å². The van der Waals surface area contributed by atoms with E-state index in [1.54, 1.807) is 6.08 Å². The lowest BCUT2D eigenvalue weighted by molar-refractivity contribution is -0.298. The summed E-state index contributed by atoms with van der Waals surface area (Å²) in [5.74, 6) is -0.271. The Morgan fingerprint density at radius 1 is 0.661 bits per heavy atom. The van der Waals surface area contributed by atoms with Gasteiger partial charge in [0.2, 0.25) is 5.91 Å². The molecule has 0 aromatic rings. The van der Waals surface area contributed by atoms with Crippen molar-refractivity contribution in [2.75, 3.05) is 13.2 Å². The van der Waals surface area contributed by atoms with Crippen LogP contribution >= 0.6 is 0 Å². The minimum absolute atomic E-state index is 0.260. The van der Waals surface area contributed by atoms with Crippen LogP contribution in [0.4, 0.5) is 0 Å². The number of carbonyl (C=O) groups is 1. The van der Waals surface area contributed by atoms with Gasteiger partial charge in [-0.3, -0.25) is 9.35 Å². The minimum Gasteiger partial charge on any atom is -0.394 e. The fraction of sp³-hybridized carbons (Fsp3) is 0.891. The molecule has 1 aliphatic rings. The van der Waals surface area contributed by atoms with Gasteiger partial charge in [-0.1, -0.05) is 179 Å². The van der Waals surface area contributed by atoms with E-state index >= 15 is 0 Å². The fourth-order valence-electron chi connectivity index (χ4n) is 7.51. The topological polar surface area (TPSA) is 192 Å². The van der Waals surface area contributed by atoms with E-state index in [1.807, 2.05) is 6.08 Å². The highest BCUT2D eigenvalue weighted by atomic mass is 32.3. The molecule has 59 heavy (non-hydrogen) atoms. The van der Waals surface area contributed by atoms with Gasteiger partial charge in [0, 0.05) is 6.42 Å². The number of aliphatic hydroxyl groups is 4. The number of nitrogens with one attached hydrogen (secondary N) is 1. The van der Waals surface area contributed by atoms with Gasteiger partial charge in [-0.2, -0.15) is 8.42 Å². The lowest BCUT2D eigenvalue weighted by atomic mass is 9.99. The van der Waals surface area contributed by atoms with Crippen molar-refractivity contribution >= 4 is 16.3 Å². The van der Waals surface area contributed by atoms with Crippen LogP contribution in [0.15, 0.2) is 24.3 Å². The minimum atomic E-state index is -5.08. The van der Waals surface area contributed by atoms with Crippen LogP contribution in [0.1, 0.15) is 206 Å². The monoisotopic (exact) mass is 862 g/mol. The van der Waals surface area contributed by atoms with Gasteiger partial charge in [0.25, 0.3) is 0 Å². The molecule has 12 nitrogen and oxygen atoms in total. The molecule has 1 heterocycles. The van der Waals surface area contributed by atoms with Crippen LogP contribution in [0.5, 0.6) is 0 Å². The van der Waals surface area contributed by atoms with E-state index in [9.17, 15) is 38.2 Å². The predicted octanol–water partition coefficient (Wildman–Crippen LogP) is 9.33. The second-order valence-corrected chi connectivity index (χ2v) is 17.7. The molecule has 348 valence electrons. The molecule has 13 heteroatoms. The molecule has 0 spiro atoms. The van der Waals surface area contributed by atoms with Crippen molar-refractivity contribution in [1.29, 1.82) is 0 Å². The van der Waals surface area contributed by atoms with Gasteiger partial charge in [0.05, 0.1) is 25.4 Å². The van der Waals surface area contributed by atoms with E-state index in [0.717, 1.165) is 57.8 Å². The normalized spacial score (nSPS) is 21.1. The van der Waals surface area contributed by atoms with Gasteiger partial charge in [-0.15, -0.1) is 0 Å². The number of carbonyl (C=O) groups excluding carboxylic acids is 1. The number of amides is 1. The lowest BCUT2D eigenvalue weighted by Gasteiger charge is -2.41. The molecule has 1 saturated heterocycles. The van der Waals surface area contributed by atoms with E-state index < -0.39 is 59.9 Å². The van der Waals surface area contributed by atoms with Gasteiger partial charge >= 0.3 is 10.4 Å². The molecule has 1 rings (SSSR count). The summed E-state index contributed by atoms with van der Waals surface area (Å²) in [6.07, 6.45) is 33.5. The summed E-state index contributed by atoms with van der Waals surface area (Å²) in [5, 5.41) is 44.7. The Morgan fingerprint density at radius 2 is 1.08 bits per heavy atom. The molecule has 1 fully saturated rings. The first-order chi connectivity index (χ1) is 28.5. The quantitative estimate of drug-likeness (QED) is 0.0195. The van der Waals surface area contributed by atoms with Gasteiger partial charge < -0.3 is 35.2 Å². The number of rotatable bonds is 40. The molecule has 0 radical (unpaired) electrons. The van der Waals surface area contributed by atoms with E-state index in [0.29, 0.717) is 6.42 Å². The van der Waals surface area contributed by atoms with Crippen LogP contribution in [-0.4, -0.2) is 95.4 Å². The number of hydrogen-bond acceptors (Lipinski definition) is 10. The van der Waals surface area contributed by atoms with Crippen molar-refractivity contribution in [1.82, 2.24) is 5.32 Å². The summed E-state index contributed by atoms with van der Waals surface area (Å²) in [4.78, 5) is 13.0. The molecule has 7 unspecified atom stereocenters. The molecule has 6 N–H and O–H groups in total. The van der Waals surface area contributed by atoms with Crippen molar-refractivity contribution in [2.24, 2.45) is 0 Å². The molecule has 0 aromatic heterocycles. The lowest BCUT2D eigenvalue weighted by Crippen LogP contribution is -2.61. The van der Waals surface area contributed by atoms with Crippen LogP contribution in [0.3, 0.4) is 0 Å². The van der Waals surface area contributed by atoms with Crippen molar-refractivity contribution in [3.63, 3.8) is 0 Å². The summed E-state index contributed by atoms with van der Waals surface area (Å²) >= 11 is 0. The number of allylic oxidation sites excluding steroid dienone is 3. The summed E-state index contributed by atoms with van der Waals surface area (Å²) in [7, 11) is -5.08. The van der Waals surface area contributed by atoms with Crippen molar-refractivity contribution in [3.8, 4) is 0 Å². The average Bonchev–Trinajstić information content (AvgIpc) is 3.20. The SMILES string of the molecule is CCCCCCCCC/C=C\CCCCCCCC(=O)NC(COC1OC(CO)C(O)C(OS(=O)(=O)O)C1O)C(O)/C=C/CCCCCCCCCCCCCCCC. The second-order valence-electron chi connectivity index (χ2n) is 16.7. The summed E-state index contributed by atoms with van der Waals surface area (Å²) in [6, 6.07) is -0.945. The fourth-order valence-corrected chi connectivity index (χ4v) is 8.02. The molecule has 0 saturated carbocycles. The molecule has 0 aliphatic carbocycles. The Balaban J connectivity index is 2.53. The Hall–Kier alpha value is -1.42. The Kier molecular flexibility index (Phi) is 35.0. The zero-order valence-corrected chi connectivity index (χ0v) is 37.9. The molecule has 0 aromatic carbocycles. The smallest absolute Gasteiger partial charge is 0.394 e. The van der Waals surface area contributed by atoms with Crippen LogP contribution in [-0.2, 0) is 28.9 Å².